The maximum atomic E-state index is 9.15. The molecule has 102 valence electrons. The second kappa shape index (κ2) is 5.73. The predicted octanol–water partition coefficient (Wildman–Crippen LogP) is 0.882. The number of imidazole rings is 1. The van der Waals surface area contributed by atoms with Crippen molar-refractivity contribution < 1.29 is 14.6 Å². The zero-order valence-corrected chi connectivity index (χ0v) is 10.9. The second-order valence-electron chi connectivity index (χ2n) is 4.02. The summed E-state index contributed by atoms with van der Waals surface area (Å²) in [6, 6.07) is 5.03. The number of aliphatic hydroxyl groups excluding tert-OH is 1. The van der Waals surface area contributed by atoms with Gasteiger partial charge in [-0.05, 0) is 12.1 Å². The predicted molar refractivity (Wildman–Crippen MR) is 70.7 cm³/mol. The van der Waals surface area contributed by atoms with Gasteiger partial charge >= 0.3 is 0 Å². The van der Waals surface area contributed by atoms with Gasteiger partial charge in [0.2, 0.25) is 0 Å². The smallest absolute Gasteiger partial charge is 0.162 e. The third-order valence-electron chi connectivity index (χ3n) is 2.89. The Morgan fingerprint density at radius 2 is 2.05 bits per heavy atom. The van der Waals surface area contributed by atoms with Gasteiger partial charge in [-0.25, -0.2) is 4.98 Å². The fourth-order valence-electron chi connectivity index (χ4n) is 1.86. The molecule has 2 aromatic rings. The zero-order valence-electron chi connectivity index (χ0n) is 10.9. The molecule has 1 aromatic heterocycles. The molecule has 0 radical (unpaired) electrons. The lowest BCUT2D eigenvalue weighted by atomic mass is 10.2. The summed E-state index contributed by atoms with van der Waals surface area (Å²) in [6.07, 6.45) is 3.28. The van der Waals surface area contributed by atoms with E-state index in [1.54, 1.807) is 26.7 Å². The van der Waals surface area contributed by atoms with Crippen LogP contribution < -0.4 is 15.2 Å². The van der Waals surface area contributed by atoms with Crippen molar-refractivity contribution in [3.05, 3.63) is 36.4 Å². The molecule has 0 spiro atoms. The number of hydrogen-bond acceptors (Lipinski definition) is 5. The standard InChI is InChI=1S/C13H17N3O3/c1-18-12-4-3-9(5-13(12)19-2)16-8-15-6-11(16)10(14)7-17/h3-6,8,10,17H,7,14H2,1-2H3. The number of aliphatic hydroxyl groups is 1. The van der Waals surface area contributed by atoms with E-state index in [1.165, 1.54) is 0 Å². The molecule has 1 aromatic carbocycles. The Morgan fingerprint density at radius 1 is 1.32 bits per heavy atom. The van der Waals surface area contributed by atoms with Crippen molar-refractivity contribution in [2.45, 2.75) is 6.04 Å². The van der Waals surface area contributed by atoms with Crippen molar-refractivity contribution in [3.63, 3.8) is 0 Å². The van der Waals surface area contributed by atoms with Crippen LogP contribution in [0.1, 0.15) is 11.7 Å². The maximum Gasteiger partial charge on any atom is 0.162 e. The molecule has 6 nitrogen and oxygen atoms in total. The van der Waals surface area contributed by atoms with E-state index in [0.29, 0.717) is 11.5 Å². The summed E-state index contributed by atoms with van der Waals surface area (Å²) < 4.78 is 12.3. The molecule has 0 fully saturated rings. The minimum Gasteiger partial charge on any atom is -0.493 e. The summed E-state index contributed by atoms with van der Waals surface area (Å²) in [5, 5.41) is 9.15. The maximum absolute atomic E-state index is 9.15. The Morgan fingerprint density at radius 3 is 2.68 bits per heavy atom. The molecule has 0 bridgehead atoms. The average molecular weight is 263 g/mol. The van der Waals surface area contributed by atoms with Crippen LogP contribution in [0.2, 0.25) is 0 Å². The molecule has 1 atom stereocenters. The molecular weight excluding hydrogens is 246 g/mol. The van der Waals surface area contributed by atoms with Crippen molar-refractivity contribution in [1.29, 1.82) is 0 Å². The third-order valence-corrected chi connectivity index (χ3v) is 2.89. The van der Waals surface area contributed by atoms with Crippen molar-refractivity contribution in [2.75, 3.05) is 20.8 Å². The van der Waals surface area contributed by atoms with Crippen LogP contribution >= 0.6 is 0 Å². The fourth-order valence-corrected chi connectivity index (χ4v) is 1.86. The van der Waals surface area contributed by atoms with E-state index in [-0.39, 0.29) is 6.61 Å². The van der Waals surface area contributed by atoms with Crippen LogP contribution in [0.15, 0.2) is 30.7 Å². The average Bonchev–Trinajstić information content (AvgIpc) is 2.95. The summed E-state index contributed by atoms with van der Waals surface area (Å²) in [6.45, 7) is -0.140. The largest absolute Gasteiger partial charge is 0.493 e. The summed E-state index contributed by atoms with van der Waals surface area (Å²) in [4.78, 5) is 4.07. The minimum absolute atomic E-state index is 0.140. The molecular formula is C13H17N3O3. The highest BCUT2D eigenvalue weighted by molar-refractivity contribution is 5.49. The number of hydrogen-bond donors (Lipinski definition) is 2. The van der Waals surface area contributed by atoms with Gasteiger partial charge in [0, 0.05) is 6.07 Å². The van der Waals surface area contributed by atoms with Gasteiger partial charge in [0.25, 0.3) is 0 Å². The van der Waals surface area contributed by atoms with Crippen molar-refractivity contribution in [2.24, 2.45) is 5.73 Å². The Labute approximate surface area is 111 Å². The van der Waals surface area contributed by atoms with E-state index in [4.69, 9.17) is 20.3 Å². The summed E-state index contributed by atoms with van der Waals surface area (Å²) in [5.74, 6) is 1.27. The van der Waals surface area contributed by atoms with E-state index >= 15 is 0 Å². The van der Waals surface area contributed by atoms with Gasteiger partial charge < -0.3 is 24.9 Å². The SMILES string of the molecule is COc1ccc(-n2cncc2C(N)CO)cc1OC. The van der Waals surface area contributed by atoms with Gasteiger partial charge in [0.1, 0.15) is 0 Å². The quantitative estimate of drug-likeness (QED) is 0.836. The van der Waals surface area contributed by atoms with Crippen LogP contribution in [-0.4, -0.2) is 35.5 Å². The summed E-state index contributed by atoms with van der Waals surface area (Å²) in [7, 11) is 3.16. The van der Waals surface area contributed by atoms with Gasteiger partial charge in [-0.15, -0.1) is 0 Å². The molecule has 0 aliphatic carbocycles. The van der Waals surface area contributed by atoms with Crippen LogP contribution in [0.3, 0.4) is 0 Å². The van der Waals surface area contributed by atoms with E-state index in [0.717, 1.165) is 11.4 Å². The normalized spacial score (nSPS) is 12.2. The molecule has 2 rings (SSSR count). The van der Waals surface area contributed by atoms with E-state index in [1.807, 2.05) is 22.8 Å². The lowest BCUT2D eigenvalue weighted by molar-refractivity contribution is 0.265. The first kappa shape index (κ1) is 13.4. The Hall–Kier alpha value is -2.05. The topological polar surface area (TPSA) is 82.5 Å². The number of methoxy groups -OCH3 is 2. The van der Waals surface area contributed by atoms with Gasteiger partial charge in [0.15, 0.2) is 11.5 Å². The van der Waals surface area contributed by atoms with Crippen LogP contribution in [0.5, 0.6) is 11.5 Å². The number of benzene rings is 1. The molecule has 0 aliphatic heterocycles. The molecule has 0 aliphatic rings. The number of ether oxygens (including phenoxy) is 2. The molecule has 0 saturated carbocycles. The highest BCUT2D eigenvalue weighted by atomic mass is 16.5. The van der Waals surface area contributed by atoms with Crippen LogP contribution in [0.25, 0.3) is 5.69 Å². The highest BCUT2D eigenvalue weighted by Gasteiger charge is 2.13. The third kappa shape index (κ3) is 2.54. The molecule has 1 heterocycles. The Balaban J connectivity index is 2.45. The van der Waals surface area contributed by atoms with Crippen LogP contribution in [-0.2, 0) is 0 Å². The molecule has 1 unspecified atom stereocenters. The summed E-state index contributed by atoms with van der Waals surface area (Å²) in [5.41, 5.74) is 7.41. The Bertz CT molecular complexity index is 554. The molecule has 6 heteroatoms. The van der Waals surface area contributed by atoms with Gasteiger partial charge in [0.05, 0.1) is 50.8 Å². The minimum atomic E-state index is -0.476. The van der Waals surface area contributed by atoms with Crippen molar-refractivity contribution in [3.8, 4) is 17.2 Å². The Kier molecular flexibility index (Phi) is 4.03. The molecule has 3 N–H and O–H groups in total. The van der Waals surface area contributed by atoms with Gasteiger partial charge in [-0.1, -0.05) is 0 Å². The highest BCUT2D eigenvalue weighted by Crippen LogP contribution is 2.30. The fraction of sp³-hybridized carbons (Fsp3) is 0.308. The monoisotopic (exact) mass is 263 g/mol. The molecule has 0 saturated heterocycles. The first-order valence-electron chi connectivity index (χ1n) is 5.82. The van der Waals surface area contributed by atoms with Crippen molar-refractivity contribution in [1.82, 2.24) is 9.55 Å². The van der Waals surface area contributed by atoms with Crippen LogP contribution in [0, 0.1) is 0 Å². The zero-order chi connectivity index (χ0) is 13.8. The van der Waals surface area contributed by atoms with E-state index in [2.05, 4.69) is 4.98 Å². The number of rotatable bonds is 5. The van der Waals surface area contributed by atoms with E-state index in [9.17, 15) is 0 Å². The van der Waals surface area contributed by atoms with Crippen LogP contribution in [0.4, 0.5) is 0 Å². The molecule has 19 heavy (non-hydrogen) atoms. The lowest BCUT2D eigenvalue weighted by Crippen LogP contribution is -2.18. The van der Waals surface area contributed by atoms with Crippen molar-refractivity contribution >= 4 is 0 Å². The first-order chi connectivity index (χ1) is 9.21. The van der Waals surface area contributed by atoms with Gasteiger partial charge in [-0.2, -0.15) is 0 Å². The number of nitrogens with zero attached hydrogens (tertiary/aromatic N) is 2. The van der Waals surface area contributed by atoms with Gasteiger partial charge in [-0.3, -0.25) is 0 Å². The van der Waals surface area contributed by atoms with E-state index < -0.39 is 6.04 Å². The number of aromatic nitrogens is 2. The number of nitrogens with two attached hydrogens (primary N) is 1. The lowest BCUT2D eigenvalue weighted by Gasteiger charge is -2.14. The summed E-state index contributed by atoms with van der Waals surface area (Å²) >= 11 is 0. The first-order valence-corrected chi connectivity index (χ1v) is 5.82. The molecule has 0 amide bonds. The second-order valence-corrected chi connectivity index (χ2v) is 4.02.